The average Bonchev–Trinajstić information content (AvgIpc) is 2.36. The lowest BCUT2D eigenvalue weighted by molar-refractivity contribution is -0.132. The lowest BCUT2D eigenvalue weighted by Gasteiger charge is -2.32. The predicted octanol–water partition coefficient (Wildman–Crippen LogP) is 0.859. The Morgan fingerprint density at radius 3 is 3.06 bits per heavy atom. The fraction of sp³-hybridized carbons (Fsp3) is 0.846. The van der Waals surface area contributed by atoms with Gasteiger partial charge in [-0.3, -0.25) is 9.69 Å². The molecule has 5 heteroatoms. The number of likely N-dealkylation sites (tertiary alicyclic amines) is 1. The van der Waals surface area contributed by atoms with Gasteiger partial charge in [0.25, 0.3) is 0 Å². The molecule has 5 nitrogen and oxygen atoms in total. The lowest BCUT2D eigenvalue weighted by atomic mass is 10.1. The first-order chi connectivity index (χ1) is 8.67. The number of ether oxygens (including phenoxy) is 1. The summed E-state index contributed by atoms with van der Waals surface area (Å²) in [4.78, 5) is 15.7. The van der Waals surface area contributed by atoms with Gasteiger partial charge in [0.05, 0.1) is 25.1 Å². The Balaban J connectivity index is 2.32. The van der Waals surface area contributed by atoms with Crippen molar-refractivity contribution in [1.29, 1.82) is 5.26 Å². The van der Waals surface area contributed by atoms with E-state index >= 15 is 0 Å². The number of piperidine rings is 1. The van der Waals surface area contributed by atoms with Crippen molar-refractivity contribution < 1.29 is 9.53 Å². The van der Waals surface area contributed by atoms with Gasteiger partial charge in [0.1, 0.15) is 0 Å². The van der Waals surface area contributed by atoms with Gasteiger partial charge in [-0.25, -0.2) is 0 Å². The second kappa shape index (κ2) is 8.06. The van der Waals surface area contributed by atoms with E-state index in [1.165, 1.54) is 0 Å². The summed E-state index contributed by atoms with van der Waals surface area (Å²) >= 11 is 0. The van der Waals surface area contributed by atoms with E-state index in [0.717, 1.165) is 32.5 Å². The van der Waals surface area contributed by atoms with E-state index in [-0.39, 0.29) is 12.0 Å². The van der Waals surface area contributed by atoms with E-state index in [0.29, 0.717) is 19.5 Å². The summed E-state index contributed by atoms with van der Waals surface area (Å²) < 4.78 is 5.61. The molecular weight excluding hydrogens is 230 g/mol. The molecule has 0 N–H and O–H groups in total. The zero-order valence-corrected chi connectivity index (χ0v) is 11.4. The largest absolute Gasteiger partial charge is 0.377 e. The SMILES string of the molecule is CCOC1CCCN(CC(=O)N(C)CCC#N)C1. The molecule has 0 spiro atoms. The van der Waals surface area contributed by atoms with Crippen molar-refractivity contribution >= 4 is 5.91 Å². The third-order valence-corrected chi connectivity index (χ3v) is 3.21. The van der Waals surface area contributed by atoms with Crippen LogP contribution in [0.4, 0.5) is 0 Å². The first-order valence-electron chi connectivity index (χ1n) is 6.62. The second-order valence-electron chi connectivity index (χ2n) is 4.68. The number of likely N-dealkylation sites (N-methyl/N-ethyl adjacent to an activating group) is 1. The van der Waals surface area contributed by atoms with E-state index in [1.807, 2.05) is 6.92 Å². The lowest BCUT2D eigenvalue weighted by Crippen LogP contribution is -2.45. The summed E-state index contributed by atoms with van der Waals surface area (Å²) in [7, 11) is 1.75. The predicted molar refractivity (Wildman–Crippen MR) is 69.0 cm³/mol. The van der Waals surface area contributed by atoms with Gasteiger partial charge in [-0.2, -0.15) is 5.26 Å². The summed E-state index contributed by atoms with van der Waals surface area (Å²) in [5.74, 6) is 0.0856. The number of rotatable bonds is 6. The van der Waals surface area contributed by atoms with Crippen molar-refractivity contribution in [2.24, 2.45) is 0 Å². The van der Waals surface area contributed by atoms with Crippen molar-refractivity contribution in [3.63, 3.8) is 0 Å². The van der Waals surface area contributed by atoms with Crippen molar-refractivity contribution in [1.82, 2.24) is 9.80 Å². The number of carbonyl (C=O) groups excluding carboxylic acids is 1. The topological polar surface area (TPSA) is 56.6 Å². The number of hydrogen-bond donors (Lipinski definition) is 0. The molecule has 0 radical (unpaired) electrons. The molecule has 0 aromatic carbocycles. The Morgan fingerprint density at radius 1 is 1.61 bits per heavy atom. The van der Waals surface area contributed by atoms with Crippen LogP contribution >= 0.6 is 0 Å². The van der Waals surface area contributed by atoms with Gasteiger partial charge in [-0.15, -0.1) is 0 Å². The first kappa shape index (κ1) is 14.9. The number of hydrogen-bond acceptors (Lipinski definition) is 4. The van der Waals surface area contributed by atoms with Crippen LogP contribution in [0, 0.1) is 11.3 Å². The second-order valence-corrected chi connectivity index (χ2v) is 4.68. The van der Waals surface area contributed by atoms with Gasteiger partial charge in [0.15, 0.2) is 0 Å². The van der Waals surface area contributed by atoms with Crippen LogP contribution < -0.4 is 0 Å². The molecule has 1 amide bonds. The van der Waals surface area contributed by atoms with Crippen molar-refractivity contribution in [3.8, 4) is 6.07 Å². The molecule has 1 saturated heterocycles. The Labute approximate surface area is 109 Å². The van der Waals surface area contributed by atoms with Crippen LogP contribution in [-0.2, 0) is 9.53 Å². The van der Waals surface area contributed by atoms with E-state index in [4.69, 9.17) is 10.00 Å². The minimum absolute atomic E-state index is 0.0856. The minimum Gasteiger partial charge on any atom is -0.377 e. The highest BCUT2D eigenvalue weighted by molar-refractivity contribution is 5.78. The smallest absolute Gasteiger partial charge is 0.236 e. The fourth-order valence-electron chi connectivity index (χ4n) is 2.18. The number of nitrogens with zero attached hydrogens (tertiary/aromatic N) is 3. The highest BCUT2D eigenvalue weighted by Crippen LogP contribution is 2.13. The van der Waals surface area contributed by atoms with Crippen LogP contribution in [0.5, 0.6) is 0 Å². The summed E-state index contributed by atoms with van der Waals surface area (Å²) in [5, 5.41) is 8.50. The minimum atomic E-state index is 0.0856. The molecule has 1 unspecified atom stereocenters. The van der Waals surface area contributed by atoms with Crippen LogP contribution in [0.25, 0.3) is 0 Å². The molecule has 1 heterocycles. The molecule has 1 aliphatic rings. The molecule has 0 bridgehead atoms. The molecule has 18 heavy (non-hydrogen) atoms. The zero-order chi connectivity index (χ0) is 13.4. The molecule has 1 rings (SSSR count). The van der Waals surface area contributed by atoms with Crippen molar-refractivity contribution in [2.45, 2.75) is 32.3 Å². The van der Waals surface area contributed by atoms with Crippen molar-refractivity contribution in [3.05, 3.63) is 0 Å². The molecule has 1 atom stereocenters. The van der Waals surface area contributed by atoms with Gasteiger partial charge >= 0.3 is 0 Å². The monoisotopic (exact) mass is 253 g/mol. The third-order valence-electron chi connectivity index (χ3n) is 3.21. The van der Waals surface area contributed by atoms with Crippen LogP contribution in [0.3, 0.4) is 0 Å². The first-order valence-corrected chi connectivity index (χ1v) is 6.62. The average molecular weight is 253 g/mol. The number of amides is 1. The highest BCUT2D eigenvalue weighted by Gasteiger charge is 2.22. The van der Waals surface area contributed by atoms with E-state index < -0.39 is 0 Å². The maximum atomic E-state index is 11.9. The Hall–Kier alpha value is -1.12. The molecule has 1 aliphatic heterocycles. The van der Waals surface area contributed by atoms with Crippen LogP contribution in [0.1, 0.15) is 26.2 Å². The third kappa shape index (κ3) is 5.03. The Morgan fingerprint density at radius 2 is 2.39 bits per heavy atom. The quantitative estimate of drug-likeness (QED) is 0.704. The van der Waals surface area contributed by atoms with Gasteiger partial charge < -0.3 is 9.64 Å². The Kier molecular flexibility index (Phi) is 6.69. The number of nitriles is 1. The van der Waals surface area contributed by atoms with Crippen molar-refractivity contribution in [2.75, 3.05) is 39.8 Å². The van der Waals surface area contributed by atoms with Gasteiger partial charge in [-0.05, 0) is 26.3 Å². The number of carbonyl (C=O) groups is 1. The van der Waals surface area contributed by atoms with Crippen LogP contribution in [0.2, 0.25) is 0 Å². The van der Waals surface area contributed by atoms with E-state index in [1.54, 1.807) is 11.9 Å². The maximum absolute atomic E-state index is 11.9. The molecule has 0 aromatic heterocycles. The normalized spacial score (nSPS) is 20.4. The van der Waals surface area contributed by atoms with Gasteiger partial charge in [0, 0.05) is 26.7 Å². The van der Waals surface area contributed by atoms with Gasteiger partial charge in [0.2, 0.25) is 5.91 Å². The van der Waals surface area contributed by atoms with Crippen LogP contribution in [-0.4, -0.2) is 61.6 Å². The van der Waals surface area contributed by atoms with E-state index in [9.17, 15) is 4.79 Å². The Bertz CT molecular complexity index is 299. The highest BCUT2D eigenvalue weighted by atomic mass is 16.5. The summed E-state index contributed by atoms with van der Waals surface area (Å²) in [6.45, 7) is 5.48. The zero-order valence-electron chi connectivity index (χ0n) is 11.4. The van der Waals surface area contributed by atoms with Crippen LogP contribution in [0.15, 0.2) is 0 Å². The molecule has 0 saturated carbocycles. The summed E-state index contributed by atoms with van der Waals surface area (Å²) in [6, 6.07) is 2.05. The molecule has 0 aromatic rings. The van der Waals surface area contributed by atoms with E-state index in [2.05, 4.69) is 11.0 Å². The van der Waals surface area contributed by atoms with Gasteiger partial charge in [-0.1, -0.05) is 0 Å². The molecular formula is C13H23N3O2. The summed E-state index contributed by atoms with van der Waals surface area (Å²) in [6.07, 6.45) is 2.83. The standard InChI is InChI=1S/C13H23N3O2/c1-3-18-12-6-4-9-16(10-12)11-13(17)15(2)8-5-7-14/h12H,3-6,8-11H2,1-2H3. The molecule has 0 aliphatic carbocycles. The molecule has 1 fully saturated rings. The maximum Gasteiger partial charge on any atom is 0.236 e. The fourth-order valence-corrected chi connectivity index (χ4v) is 2.18. The summed E-state index contributed by atoms with van der Waals surface area (Å²) in [5.41, 5.74) is 0. The molecule has 102 valence electrons.